The fourth-order valence-corrected chi connectivity index (χ4v) is 3.19. The second kappa shape index (κ2) is 4.98. The van der Waals surface area contributed by atoms with Gasteiger partial charge in [0.25, 0.3) is 0 Å². The third-order valence-electron chi connectivity index (χ3n) is 4.04. The maximum absolute atomic E-state index is 10.3. The van der Waals surface area contributed by atoms with E-state index in [0.717, 1.165) is 18.5 Å². The van der Waals surface area contributed by atoms with Crippen molar-refractivity contribution in [2.24, 2.45) is 11.1 Å². The molecule has 0 amide bonds. The van der Waals surface area contributed by atoms with Gasteiger partial charge < -0.3 is 20.1 Å². The zero-order chi connectivity index (χ0) is 14.2. The van der Waals surface area contributed by atoms with E-state index in [1.807, 2.05) is 11.5 Å². The van der Waals surface area contributed by atoms with Gasteiger partial charge in [0.2, 0.25) is 0 Å². The van der Waals surface area contributed by atoms with Crippen LogP contribution in [0.5, 0.6) is 0 Å². The number of aromatic nitrogens is 2. The van der Waals surface area contributed by atoms with E-state index in [2.05, 4.69) is 18.5 Å². The lowest BCUT2D eigenvalue weighted by atomic mass is 9.89. The summed E-state index contributed by atoms with van der Waals surface area (Å²) in [5.41, 5.74) is 7.85. The molecular weight excluding hydrogens is 242 g/mol. The van der Waals surface area contributed by atoms with E-state index in [9.17, 15) is 5.11 Å². The first-order chi connectivity index (χ1) is 8.88. The highest BCUT2D eigenvalue weighted by atomic mass is 16.5. The first-order valence-electron chi connectivity index (χ1n) is 6.53. The summed E-state index contributed by atoms with van der Waals surface area (Å²) < 4.78 is 7.28. The quantitative estimate of drug-likeness (QED) is 0.864. The predicted octanol–water partition coefficient (Wildman–Crippen LogP) is 1.47. The van der Waals surface area contributed by atoms with Crippen LogP contribution in [0.15, 0.2) is 12.9 Å². The average Bonchev–Trinajstić information content (AvgIpc) is 2.80. The monoisotopic (exact) mass is 265 g/mol. The van der Waals surface area contributed by atoms with Crippen molar-refractivity contribution in [2.45, 2.75) is 38.8 Å². The summed E-state index contributed by atoms with van der Waals surface area (Å²) in [7, 11) is 1.70. The number of aliphatic hydroxyl groups excluding tert-OH is 1. The van der Waals surface area contributed by atoms with Gasteiger partial charge in [0.05, 0.1) is 30.8 Å². The fourth-order valence-electron chi connectivity index (χ4n) is 3.19. The lowest BCUT2D eigenvalue weighted by molar-refractivity contribution is 0.0807. The minimum Gasteiger partial charge on any atom is -0.397 e. The Morgan fingerprint density at radius 1 is 1.68 bits per heavy atom. The van der Waals surface area contributed by atoms with E-state index in [0.29, 0.717) is 18.0 Å². The standard InChI is InChI=1S/C14H23N3O2/c1-9(15)13-10(2)17(8-16-13)11-5-14(3,7-19-4)6-12(11)18/h8,11-12,18H,1,5-7,15H2,2-4H3/t11-,12-,14?/m1/s1. The zero-order valence-corrected chi connectivity index (χ0v) is 11.9. The van der Waals surface area contributed by atoms with Crippen LogP contribution >= 0.6 is 0 Å². The number of nitrogens with two attached hydrogens (primary N) is 1. The highest BCUT2D eigenvalue weighted by Crippen LogP contribution is 2.44. The second-order valence-electron chi connectivity index (χ2n) is 5.90. The van der Waals surface area contributed by atoms with Gasteiger partial charge in [0.1, 0.15) is 5.69 Å². The van der Waals surface area contributed by atoms with Crippen molar-refractivity contribution in [3.05, 3.63) is 24.3 Å². The molecule has 1 heterocycles. The third-order valence-corrected chi connectivity index (χ3v) is 4.04. The van der Waals surface area contributed by atoms with Crippen molar-refractivity contribution in [1.29, 1.82) is 0 Å². The molecule has 0 radical (unpaired) electrons. The van der Waals surface area contributed by atoms with Gasteiger partial charge in [-0.15, -0.1) is 0 Å². The molecule has 1 aliphatic rings. The van der Waals surface area contributed by atoms with Crippen molar-refractivity contribution in [1.82, 2.24) is 9.55 Å². The summed E-state index contributed by atoms with van der Waals surface area (Å²) in [6.45, 7) is 8.49. The molecule has 1 unspecified atom stereocenters. The summed E-state index contributed by atoms with van der Waals surface area (Å²) in [6.07, 6.45) is 2.97. The Bertz CT molecular complexity index is 483. The lowest BCUT2D eigenvalue weighted by Gasteiger charge is -2.23. The van der Waals surface area contributed by atoms with Crippen molar-refractivity contribution >= 4 is 5.70 Å². The molecule has 3 atom stereocenters. The van der Waals surface area contributed by atoms with Crippen LogP contribution in [0.25, 0.3) is 5.70 Å². The third kappa shape index (κ3) is 2.53. The molecule has 2 rings (SSSR count). The van der Waals surface area contributed by atoms with Crippen molar-refractivity contribution in [3.63, 3.8) is 0 Å². The van der Waals surface area contributed by atoms with Gasteiger partial charge in [-0.3, -0.25) is 0 Å². The Hall–Kier alpha value is -1.33. The SMILES string of the molecule is C=C(N)c1ncn([C@@H]2CC(C)(COC)C[C@H]2O)c1C. The van der Waals surface area contributed by atoms with Gasteiger partial charge in [0.15, 0.2) is 0 Å². The normalized spacial score (nSPS) is 30.7. The molecule has 3 N–H and O–H groups in total. The maximum Gasteiger partial charge on any atom is 0.106 e. The molecule has 1 fully saturated rings. The van der Waals surface area contributed by atoms with E-state index in [-0.39, 0.29) is 17.6 Å². The molecule has 0 aliphatic heterocycles. The smallest absolute Gasteiger partial charge is 0.106 e. The lowest BCUT2D eigenvalue weighted by Crippen LogP contribution is -2.19. The highest BCUT2D eigenvalue weighted by Gasteiger charge is 2.42. The van der Waals surface area contributed by atoms with E-state index in [4.69, 9.17) is 10.5 Å². The number of hydrogen-bond acceptors (Lipinski definition) is 4. The fraction of sp³-hybridized carbons (Fsp3) is 0.643. The summed E-state index contributed by atoms with van der Waals surface area (Å²) in [5, 5.41) is 10.3. The molecular formula is C14H23N3O2. The van der Waals surface area contributed by atoms with Gasteiger partial charge in [-0.05, 0) is 25.2 Å². The van der Waals surface area contributed by atoms with Crippen molar-refractivity contribution in [3.8, 4) is 0 Å². The molecule has 0 aromatic carbocycles. The molecule has 0 bridgehead atoms. The number of nitrogens with zero attached hydrogens (tertiary/aromatic N) is 2. The van der Waals surface area contributed by atoms with Crippen LogP contribution in [0.1, 0.15) is 37.2 Å². The number of hydrogen-bond donors (Lipinski definition) is 2. The van der Waals surface area contributed by atoms with Crippen LogP contribution in [0.4, 0.5) is 0 Å². The average molecular weight is 265 g/mol. The van der Waals surface area contributed by atoms with Crippen LogP contribution in [0.2, 0.25) is 0 Å². The Kier molecular flexibility index (Phi) is 3.69. The molecule has 1 aromatic rings. The molecule has 0 spiro atoms. The minimum absolute atomic E-state index is 0.00936. The molecule has 19 heavy (non-hydrogen) atoms. The van der Waals surface area contributed by atoms with Crippen molar-refractivity contribution in [2.75, 3.05) is 13.7 Å². The van der Waals surface area contributed by atoms with Crippen LogP contribution in [0.3, 0.4) is 0 Å². The number of imidazole rings is 1. The van der Waals surface area contributed by atoms with E-state index >= 15 is 0 Å². The summed E-state index contributed by atoms with van der Waals surface area (Å²) in [6, 6.07) is 0.0285. The van der Waals surface area contributed by atoms with Crippen LogP contribution in [-0.2, 0) is 4.74 Å². The molecule has 5 heteroatoms. The Morgan fingerprint density at radius 2 is 2.37 bits per heavy atom. The number of methoxy groups -OCH3 is 1. The predicted molar refractivity (Wildman–Crippen MR) is 74.4 cm³/mol. The molecule has 0 saturated heterocycles. The first-order valence-corrected chi connectivity index (χ1v) is 6.53. The van der Waals surface area contributed by atoms with E-state index in [1.54, 1.807) is 13.4 Å². The van der Waals surface area contributed by atoms with Gasteiger partial charge in [-0.25, -0.2) is 4.98 Å². The topological polar surface area (TPSA) is 73.3 Å². The zero-order valence-electron chi connectivity index (χ0n) is 11.9. The van der Waals surface area contributed by atoms with Gasteiger partial charge in [0, 0.05) is 12.8 Å². The molecule has 1 saturated carbocycles. The van der Waals surface area contributed by atoms with Gasteiger partial charge >= 0.3 is 0 Å². The van der Waals surface area contributed by atoms with Crippen LogP contribution in [0, 0.1) is 12.3 Å². The Labute approximate surface area is 114 Å². The van der Waals surface area contributed by atoms with E-state index in [1.165, 1.54) is 0 Å². The summed E-state index contributed by atoms with van der Waals surface area (Å²) in [5.74, 6) is 0. The number of rotatable bonds is 4. The Balaban J connectivity index is 2.26. The van der Waals surface area contributed by atoms with Crippen molar-refractivity contribution < 1.29 is 9.84 Å². The largest absolute Gasteiger partial charge is 0.397 e. The van der Waals surface area contributed by atoms with Crippen LogP contribution < -0.4 is 5.73 Å². The van der Waals surface area contributed by atoms with E-state index < -0.39 is 0 Å². The maximum atomic E-state index is 10.3. The second-order valence-corrected chi connectivity index (χ2v) is 5.90. The number of aliphatic hydroxyl groups is 1. The van der Waals surface area contributed by atoms with Crippen LogP contribution in [-0.4, -0.2) is 34.5 Å². The number of ether oxygens (including phenoxy) is 1. The summed E-state index contributed by atoms with van der Waals surface area (Å²) >= 11 is 0. The molecule has 1 aliphatic carbocycles. The van der Waals surface area contributed by atoms with Gasteiger partial charge in [-0.2, -0.15) is 0 Å². The molecule has 106 valence electrons. The Morgan fingerprint density at radius 3 is 2.89 bits per heavy atom. The van der Waals surface area contributed by atoms with Gasteiger partial charge in [-0.1, -0.05) is 13.5 Å². The molecule has 1 aromatic heterocycles. The highest BCUT2D eigenvalue weighted by molar-refractivity contribution is 5.58. The minimum atomic E-state index is -0.382. The molecule has 5 nitrogen and oxygen atoms in total. The first kappa shape index (κ1) is 14.1. The summed E-state index contributed by atoms with van der Waals surface area (Å²) in [4.78, 5) is 4.28.